The smallest absolute Gasteiger partial charge is 0.161 e. The molecule has 0 spiro atoms. The summed E-state index contributed by atoms with van der Waals surface area (Å²) in [5.74, 6) is 1.65. The Labute approximate surface area is 147 Å². The molecule has 0 aliphatic rings. The molecule has 0 radical (unpaired) electrons. The van der Waals surface area contributed by atoms with E-state index in [1.54, 1.807) is 0 Å². The monoisotopic (exact) mass is 342 g/mol. The van der Waals surface area contributed by atoms with E-state index >= 15 is 0 Å². The van der Waals surface area contributed by atoms with E-state index in [2.05, 4.69) is 31.1 Å². The number of hydrogen-bond donors (Lipinski definition) is 1. The number of nitrogens with one attached hydrogen (secondary N) is 1. The first kappa shape index (κ1) is 16.8. The average molecular weight is 343 g/mol. The number of fused-ring (bicyclic) bond motifs is 1. The zero-order chi connectivity index (χ0) is 17.3. The molecular formula is C19H23ClN4. The van der Waals surface area contributed by atoms with Crippen LogP contribution in [0.4, 0.5) is 5.82 Å². The second kappa shape index (κ2) is 6.81. The Morgan fingerprint density at radius 1 is 1.21 bits per heavy atom. The highest BCUT2D eigenvalue weighted by Gasteiger charge is 2.15. The molecule has 0 aliphatic heterocycles. The van der Waals surface area contributed by atoms with Crippen molar-refractivity contribution in [1.29, 1.82) is 0 Å². The minimum absolute atomic E-state index is 0.664. The number of halogens is 1. The second-order valence-electron chi connectivity index (χ2n) is 6.61. The van der Waals surface area contributed by atoms with Gasteiger partial charge in [0.1, 0.15) is 5.82 Å². The fraction of sp³-hybridized carbons (Fsp3) is 0.368. The normalized spacial score (nSPS) is 11.4. The number of rotatable bonds is 5. The van der Waals surface area contributed by atoms with Gasteiger partial charge in [-0.05, 0) is 38.3 Å². The van der Waals surface area contributed by atoms with Crippen molar-refractivity contribution in [1.82, 2.24) is 14.6 Å². The molecule has 1 aromatic carbocycles. The quantitative estimate of drug-likeness (QED) is 0.699. The maximum atomic E-state index is 6.14. The molecule has 1 N–H and O–H groups in total. The highest BCUT2D eigenvalue weighted by atomic mass is 35.5. The van der Waals surface area contributed by atoms with E-state index in [4.69, 9.17) is 16.7 Å². The van der Waals surface area contributed by atoms with Crippen molar-refractivity contribution in [3.05, 3.63) is 46.6 Å². The van der Waals surface area contributed by atoms with Gasteiger partial charge in [0.25, 0.3) is 0 Å². The van der Waals surface area contributed by atoms with Crippen LogP contribution >= 0.6 is 11.6 Å². The summed E-state index contributed by atoms with van der Waals surface area (Å²) in [6.45, 7) is 9.44. The Morgan fingerprint density at radius 2 is 2.00 bits per heavy atom. The van der Waals surface area contributed by atoms with Crippen molar-refractivity contribution in [2.45, 2.75) is 34.1 Å². The average Bonchev–Trinajstić information content (AvgIpc) is 2.84. The van der Waals surface area contributed by atoms with Gasteiger partial charge >= 0.3 is 0 Å². The van der Waals surface area contributed by atoms with Gasteiger partial charge in [-0.3, -0.25) is 0 Å². The standard InChI is InChI=1S/C19H23ClN4/c1-12(2)8-9-21-17-10-13(3)22-19-14(4)18(23-24(17)19)15-6-5-7-16(20)11-15/h5-7,10-12,21H,8-9H2,1-4H3. The minimum Gasteiger partial charge on any atom is -0.370 e. The van der Waals surface area contributed by atoms with Crippen molar-refractivity contribution in [2.24, 2.45) is 5.92 Å². The van der Waals surface area contributed by atoms with Crippen LogP contribution in [-0.4, -0.2) is 21.1 Å². The van der Waals surface area contributed by atoms with Gasteiger partial charge in [-0.1, -0.05) is 37.6 Å². The summed E-state index contributed by atoms with van der Waals surface area (Å²) < 4.78 is 1.90. The maximum Gasteiger partial charge on any atom is 0.161 e. The molecule has 0 atom stereocenters. The van der Waals surface area contributed by atoms with Gasteiger partial charge < -0.3 is 5.32 Å². The second-order valence-corrected chi connectivity index (χ2v) is 7.05. The zero-order valence-corrected chi connectivity index (χ0v) is 15.4. The van der Waals surface area contributed by atoms with E-state index < -0.39 is 0 Å². The van der Waals surface area contributed by atoms with Gasteiger partial charge in [0.15, 0.2) is 5.65 Å². The summed E-state index contributed by atoms with van der Waals surface area (Å²) >= 11 is 6.14. The molecule has 4 nitrogen and oxygen atoms in total. The van der Waals surface area contributed by atoms with Gasteiger partial charge in [-0.2, -0.15) is 9.61 Å². The molecule has 0 bridgehead atoms. The first-order valence-electron chi connectivity index (χ1n) is 8.32. The summed E-state index contributed by atoms with van der Waals surface area (Å²) in [7, 11) is 0. The van der Waals surface area contributed by atoms with Crippen molar-refractivity contribution >= 4 is 23.1 Å². The van der Waals surface area contributed by atoms with Crippen LogP contribution in [0.25, 0.3) is 16.9 Å². The Morgan fingerprint density at radius 3 is 2.71 bits per heavy atom. The van der Waals surface area contributed by atoms with E-state index in [1.807, 2.05) is 41.8 Å². The lowest BCUT2D eigenvalue weighted by atomic mass is 10.1. The molecule has 0 saturated heterocycles. The molecule has 3 aromatic rings. The molecule has 0 fully saturated rings. The Bertz CT molecular complexity index is 867. The van der Waals surface area contributed by atoms with E-state index in [9.17, 15) is 0 Å². The Balaban J connectivity index is 2.06. The molecule has 0 amide bonds. The van der Waals surface area contributed by atoms with Crippen LogP contribution < -0.4 is 5.32 Å². The molecule has 2 aromatic heterocycles. The maximum absolute atomic E-state index is 6.14. The molecule has 126 valence electrons. The highest BCUT2D eigenvalue weighted by molar-refractivity contribution is 6.30. The SMILES string of the molecule is Cc1cc(NCCC(C)C)n2nc(-c3cccc(Cl)c3)c(C)c2n1. The third kappa shape index (κ3) is 3.39. The number of aromatic nitrogens is 3. The summed E-state index contributed by atoms with van der Waals surface area (Å²) in [4.78, 5) is 4.68. The van der Waals surface area contributed by atoms with Gasteiger partial charge in [0.2, 0.25) is 0 Å². The van der Waals surface area contributed by atoms with Crippen LogP contribution in [0.3, 0.4) is 0 Å². The lowest BCUT2D eigenvalue weighted by Gasteiger charge is -2.10. The Hall–Kier alpha value is -2.07. The summed E-state index contributed by atoms with van der Waals surface area (Å²) in [5.41, 5.74) is 4.86. The first-order chi connectivity index (χ1) is 11.5. The van der Waals surface area contributed by atoms with Gasteiger partial charge in [0.05, 0.1) is 5.69 Å². The van der Waals surface area contributed by atoms with Gasteiger partial charge in [-0.25, -0.2) is 4.98 Å². The number of benzene rings is 1. The number of aryl methyl sites for hydroxylation is 2. The van der Waals surface area contributed by atoms with Crippen molar-refractivity contribution in [3.8, 4) is 11.3 Å². The van der Waals surface area contributed by atoms with Gasteiger partial charge in [-0.15, -0.1) is 0 Å². The zero-order valence-electron chi connectivity index (χ0n) is 14.6. The highest BCUT2D eigenvalue weighted by Crippen LogP contribution is 2.28. The number of hydrogen-bond acceptors (Lipinski definition) is 3. The fourth-order valence-corrected chi connectivity index (χ4v) is 2.96. The van der Waals surface area contributed by atoms with Crippen molar-refractivity contribution in [3.63, 3.8) is 0 Å². The van der Waals surface area contributed by atoms with Crippen LogP contribution in [0.2, 0.25) is 5.02 Å². The first-order valence-corrected chi connectivity index (χ1v) is 8.70. The third-order valence-electron chi connectivity index (χ3n) is 4.07. The van der Waals surface area contributed by atoms with Crippen LogP contribution in [-0.2, 0) is 0 Å². The van der Waals surface area contributed by atoms with Crippen LogP contribution in [0.5, 0.6) is 0 Å². The van der Waals surface area contributed by atoms with E-state index in [-0.39, 0.29) is 0 Å². The van der Waals surface area contributed by atoms with Crippen LogP contribution in [0.1, 0.15) is 31.5 Å². The molecule has 2 heterocycles. The lowest BCUT2D eigenvalue weighted by molar-refractivity contribution is 0.606. The van der Waals surface area contributed by atoms with Gasteiger partial charge in [0, 0.05) is 34.5 Å². The van der Waals surface area contributed by atoms with E-state index in [1.165, 1.54) is 0 Å². The molecule has 0 saturated carbocycles. The largest absolute Gasteiger partial charge is 0.370 e. The molecule has 0 unspecified atom stereocenters. The van der Waals surface area contributed by atoms with Crippen LogP contribution in [0, 0.1) is 19.8 Å². The fourth-order valence-electron chi connectivity index (χ4n) is 2.77. The topological polar surface area (TPSA) is 42.2 Å². The predicted octanol–water partition coefficient (Wildman–Crippen LogP) is 5.12. The van der Waals surface area contributed by atoms with Crippen molar-refractivity contribution < 1.29 is 0 Å². The summed E-state index contributed by atoms with van der Waals surface area (Å²) in [5, 5.41) is 9.00. The summed E-state index contributed by atoms with van der Waals surface area (Å²) in [6, 6.07) is 9.83. The third-order valence-corrected chi connectivity index (χ3v) is 4.31. The predicted molar refractivity (Wildman–Crippen MR) is 101 cm³/mol. The Kier molecular flexibility index (Phi) is 4.76. The molecule has 0 aliphatic carbocycles. The number of nitrogens with zero attached hydrogens (tertiary/aromatic N) is 3. The molecule has 24 heavy (non-hydrogen) atoms. The molecule has 5 heteroatoms. The van der Waals surface area contributed by atoms with Crippen molar-refractivity contribution in [2.75, 3.05) is 11.9 Å². The minimum atomic E-state index is 0.664. The van der Waals surface area contributed by atoms with E-state index in [0.717, 1.165) is 46.9 Å². The molecule has 3 rings (SSSR count). The van der Waals surface area contributed by atoms with Crippen LogP contribution in [0.15, 0.2) is 30.3 Å². The van der Waals surface area contributed by atoms with E-state index in [0.29, 0.717) is 10.9 Å². The summed E-state index contributed by atoms with van der Waals surface area (Å²) in [6.07, 6.45) is 1.12. The lowest BCUT2D eigenvalue weighted by Crippen LogP contribution is -2.10. The number of anilines is 1. The molecular weight excluding hydrogens is 320 g/mol.